The van der Waals surface area contributed by atoms with Crippen molar-refractivity contribution < 1.29 is 9.18 Å². The summed E-state index contributed by atoms with van der Waals surface area (Å²) in [6, 6.07) is 16.3. The van der Waals surface area contributed by atoms with Gasteiger partial charge in [-0.1, -0.05) is 49.4 Å². The first kappa shape index (κ1) is 18.6. The maximum Gasteiger partial charge on any atom is 0.211 e. The van der Waals surface area contributed by atoms with Crippen LogP contribution in [0.2, 0.25) is 0 Å². The van der Waals surface area contributed by atoms with Gasteiger partial charge in [-0.15, -0.1) is 0 Å². The van der Waals surface area contributed by atoms with Gasteiger partial charge in [0, 0.05) is 12.0 Å². The number of carbonyl (C=O) groups excluding carboxylic acids is 1. The zero-order chi connectivity index (χ0) is 21.0. The minimum absolute atomic E-state index is 0.132. The highest BCUT2D eigenvalue weighted by atomic mass is 32.1. The Labute approximate surface area is 176 Å². The molecule has 7 heteroatoms. The third kappa shape index (κ3) is 2.68. The molecule has 2 aromatic heterocycles. The van der Waals surface area contributed by atoms with Crippen molar-refractivity contribution in [3.05, 3.63) is 65.6 Å². The predicted octanol–water partition coefficient (Wildman–Crippen LogP) is 5.51. The Kier molecular flexibility index (Phi) is 4.09. The number of nitrogens with zero attached hydrogens (tertiary/aromatic N) is 4. The summed E-state index contributed by atoms with van der Waals surface area (Å²) < 4.78 is 17.2. The van der Waals surface area contributed by atoms with Crippen LogP contribution in [-0.2, 0) is 0 Å². The summed E-state index contributed by atoms with van der Waals surface area (Å²) in [5.74, 6) is -1.17. The second-order valence-electron chi connectivity index (χ2n) is 8.12. The SMILES string of the molecule is CC1(C)CC(=O)c2c(-c3ccccc3F)nn(-c3nc4ccccc4s3)c2C1C#N. The highest BCUT2D eigenvalue weighted by Gasteiger charge is 2.45. The number of nitriles is 1. The largest absolute Gasteiger partial charge is 0.294 e. The number of thiazole rings is 1. The van der Waals surface area contributed by atoms with Gasteiger partial charge in [0.1, 0.15) is 11.5 Å². The molecule has 4 aromatic rings. The van der Waals surface area contributed by atoms with Gasteiger partial charge < -0.3 is 0 Å². The number of benzene rings is 2. The molecular weight excluding hydrogens is 399 g/mol. The molecule has 0 bridgehead atoms. The summed E-state index contributed by atoms with van der Waals surface area (Å²) in [6.45, 7) is 3.81. The van der Waals surface area contributed by atoms with E-state index in [-0.39, 0.29) is 23.5 Å². The molecule has 1 unspecified atom stereocenters. The van der Waals surface area contributed by atoms with Crippen molar-refractivity contribution >= 4 is 27.3 Å². The van der Waals surface area contributed by atoms with E-state index in [1.54, 1.807) is 22.9 Å². The van der Waals surface area contributed by atoms with Crippen LogP contribution in [-0.4, -0.2) is 20.5 Å². The fraction of sp³-hybridized carbons (Fsp3) is 0.217. The summed E-state index contributed by atoms with van der Waals surface area (Å²) in [4.78, 5) is 17.8. The molecule has 2 heterocycles. The molecule has 1 aliphatic rings. The van der Waals surface area contributed by atoms with E-state index >= 15 is 0 Å². The molecule has 5 rings (SSSR count). The molecule has 0 aliphatic heterocycles. The molecule has 0 amide bonds. The molecular formula is C23H17FN4OS. The van der Waals surface area contributed by atoms with E-state index in [0.717, 1.165) is 10.2 Å². The second kappa shape index (κ2) is 6.57. The number of aromatic nitrogens is 3. The molecule has 0 radical (unpaired) electrons. The Morgan fingerprint density at radius 1 is 1.20 bits per heavy atom. The second-order valence-corrected chi connectivity index (χ2v) is 9.12. The number of halogens is 1. The number of ketones is 1. The minimum atomic E-state index is -0.578. The molecule has 1 atom stereocenters. The summed E-state index contributed by atoms with van der Waals surface area (Å²) in [6.07, 6.45) is 0.200. The monoisotopic (exact) mass is 416 g/mol. The number of Topliss-reactive ketones (excluding diaryl/α,β-unsaturated/α-hetero) is 1. The molecule has 5 nitrogen and oxygen atoms in total. The van der Waals surface area contributed by atoms with E-state index in [1.807, 2.05) is 38.1 Å². The molecule has 0 saturated heterocycles. The Morgan fingerprint density at radius 2 is 1.93 bits per heavy atom. The van der Waals surface area contributed by atoms with Gasteiger partial charge in [0.2, 0.25) is 5.13 Å². The highest BCUT2D eigenvalue weighted by Crippen LogP contribution is 2.48. The molecule has 30 heavy (non-hydrogen) atoms. The van der Waals surface area contributed by atoms with Gasteiger partial charge in [-0.2, -0.15) is 10.4 Å². The summed E-state index contributed by atoms with van der Waals surface area (Å²) in [5.41, 5.74) is 1.58. The van der Waals surface area contributed by atoms with Crippen molar-refractivity contribution in [2.24, 2.45) is 5.41 Å². The first-order chi connectivity index (χ1) is 14.4. The van der Waals surface area contributed by atoms with Crippen LogP contribution in [0.15, 0.2) is 48.5 Å². The topological polar surface area (TPSA) is 71.6 Å². The van der Waals surface area contributed by atoms with Crippen LogP contribution in [0.4, 0.5) is 4.39 Å². The van der Waals surface area contributed by atoms with Gasteiger partial charge in [-0.05, 0) is 29.7 Å². The zero-order valence-corrected chi connectivity index (χ0v) is 17.2. The van der Waals surface area contributed by atoms with Crippen LogP contribution >= 0.6 is 11.3 Å². The van der Waals surface area contributed by atoms with Gasteiger partial charge in [0.15, 0.2) is 5.78 Å². The minimum Gasteiger partial charge on any atom is -0.294 e. The first-order valence-electron chi connectivity index (χ1n) is 9.57. The Balaban J connectivity index is 1.86. The van der Waals surface area contributed by atoms with Crippen molar-refractivity contribution in [3.63, 3.8) is 0 Å². The normalized spacial score (nSPS) is 17.7. The number of fused-ring (bicyclic) bond motifs is 2. The quantitative estimate of drug-likeness (QED) is 0.432. The van der Waals surface area contributed by atoms with Crippen LogP contribution in [0.1, 0.15) is 42.2 Å². The highest BCUT2D eigenvalue weighted by molar-refractivity contribution is 7.20. The van der Waals surface area contributed by atoms with Gasteiger partial charge in [-0.3, -0.25) is 4.79 Å². The van der Waals surface area contributed by atoms with E-state index < -0.39 is 17.2 Å². The van der Waals surface area contributed by atoms with E-state index in [4.69, 9.17) is 0 Å². The fourth-order valence-electron chi connectivity index (χ4n) is 4.12. The Morgan fingerprint density at radius 3 is 2.67 bits per heavy atom. The van der Waals surface area contributed by atoms with Crippen LogP contribution in [0.3, 0.4) is 0 Å². The van der Waals surface area contributed by atoms with E-state index in [1.165, 1.54) is 17.4 Å². The van der Waals surface area contributed by atoms with E-state index in [2.05, 4.69) is 16.2 Å². The standard InChI is InChI=1S/C23H17FN4OS/c1-23(2)11-17(29)19-20(13-7-3-4-8-15(13)24)27-28(21(19)14(23)12-25)22-26-16-9-5-6-10-18(16)30-22/h3-10,14H,11H2,1-2H3. The number of hydrogen-bond acceptors (Lipinski definition) is 5. The lowest BCUT2D eigenvalue weighted by atomic mass is 9.68. The van der Waals surface area contributed by atoms with Crippen molar-refractivity contribution in [3.8, 4) is 22.5 Å². The van der Waals surface area contributed by atoms with Gasteiger partial charge >= 0.3 is 0 Å². The average Bonchev–Trinajstić information content (AvgIpc) is 3.29. The molecule has 148 valence electrons. The molecule has 0 N–H and O–H groups in total. The molecule has 0 fully saturated rings. The van der Waals surface area contributed by atoms with Crippen LogP contribution in [0, 0.1) is 22.6 Å². The number of hydrogen-bond donors (Lipinski definition) is 0. The predicted molar refractivity (Wildman–Crippen MR) is 113 cm³/mol. The van der Waals surface area contributed by atoms with Crippen molar-refractivity contribution in [2.75, 3.05) is 0 Å². The average molecular weight is 416 g/mol. The first-order valence-corrected chi connectivity index (χ1v) is 10.4. The Hall–Kier alpha value is -3.37. The van der Waals surface area contributed by atoms with Crippen molar-refractivity contribution in [1.82, 2.24) is 14.8 Å². The summed E-state index contributed by atoms with van der Waals surface area (Å²) >= 11 is 1.42. The van der Waals surface area contributed by atoms with E-state index in [0.29, 0.717) is 16.4 Å². The Bertz CT molecular complexity index is 1330. The lowest BCUT2D eigenvalue weighted by Gasteiger charge is -2.33. The maximum atomic E-state index is 14.6. The van der Waals surface area contributed by atoms with Gasteiger partial charge in [-0.25, -0.2) is 14.1 Å². The van der Waals surface area contributed by atoms with Crippen LogP contribution in [0.5, 0.6) is 0 Å². The van der Waals surface area contributed by atoms with Gasteiger partial charge in [0.25, 0.3) is 0 Å². The summed E-state index contributed by atoms with van der Waals surface area (Å²) in [5, 5.41) is 15.2. The number of rotatable bonds is 2. The van der Waals surface area contributed by atoms with Crippen molar-refractivity contribution in [2.45, 2.75) is 26.2 Å². The van der Waals surface area contributed by atoms with Crippen LogP contribution < -0.4 is 0 Å². The third-order valence-corrected chi connectivity index (χ3v) is 6.60. The summed E-state index contributed by atoms with van der Waals surface area (Å²) in [7, 11) is 0. The van der Waals surface area contributed by atoms with Crippen LogP contribution in [0.25, 0.3) is 26.6 Å². The number of para-hydroxylation sites is 1. The molecule has 0 spiro atoms. The molecule has 1 aliphatic carbocycles. The molecule has 2 aromatic carbocycles. The maximum absolute atomic E-state index is 14.6. The zero-order valence-electron chi connectivity index (χ0n) is 16.4. The smallest absolute Gasteiger partial charge is 0.211 e. The van der Waals surface area contributed by atoms with E-state index in [9.17, 15) is 14.4 Å². The molecule has 0 saturated carbocycles. The van der Waals surface area contributed by atoms with Gasteiger partial charge in [0.05, 0.1) is 33.5 Å². The fourth-order valence-corrected chi connectivity index (χ4v) is 5.05. The number of carbonyl (C=O) groups is 1. The lowest BCUT2D eigenvalue weighted by molar-refractivity contribution is 0.0900. The van der Waals surface area contributed by atoms with Crippen molar-refractivity contribution in [1.29, 1.82) is 5.26 Å². The lowest BCUT2D eigenvalue weighted by Crippen LogP contribution is -2.32. The third-order valence-electron chi connectivity index (χ3n) is 5.59.